The summed E-state index contributed by atoms with van der Waals surface area (Å²) in [7, 11) is 0. The molecule has 1 atom stereocenters. The summed E-state index contributed by atoms with van der Waals surface area (Å²) in [6.45, 7) is 3.96. The first-order valence-corrected chi connectivity index (χ1v) is 9.18. The van der Waals surface area contributed by atoms with Crippen LogP contribution in [0, 0.1) is 5.92 Å². The van der Waals surface area contributed by atoms with Gasteiger partial charge in [0, 0.05) is 11.4 Å². The molecule has 0 radical (unpaired) electrons. The van der Waals surface area contributed by atoms with E-state index in [1.54, 1.807) is 11.8 Å². The Hall–Kier alpha value is -1.53. The van der Waals surface area contributed by atoms with E-state index in [-0.39, 0.29) is 17.8 Å². The number of carbonyl (C=O) groups excluding carboxylic acids is 2. The van der Waals surface area contributed by atoms with Gasteiger partial charge in [-0.2, -0.15) is 0 Å². The van der Waals surface area contributed by atoms with Crippen molar-refractivity contribution in [2.75, 3.05) is 37.8 Å². The van der Waals surface area contributed by atoms with E-state index in [2.05, 4.69) is 5.32 Å². The van der Waals surface area contributed by atoms with Crippen molar-refractivity contribution >= 4 is 29.3 Å². The third-order valence-electron chi connectivity index (χ3n) is 3.87. The Morgan fingerprint density at radius 2 is 2.17 bits per heavy atom. The number of benzene rings is 1. The lowest BCUT2D eigenvalue weighted by Gasteiger charge is -2.30. The SMILES string of the molecule is CCOC(=O)[C@@H]1CCCN(CC(=O)Nc2ccccc2SC)C1. The molecule has 1 aliphatic rings. The fourth-order valence-electron chi connectivity index (χ4n) is 2.79. The van der Waals surface area contributed by atoms with Gasteiger partial charge in [-0.3, -0.25) is 14.5 Å². The maximum atomic E-state index is 12.3. The number of nitrogens with one attached hydrogen (secondary N) is 1. The van der Waals surface area contributed by atoms with Gasteiger partial charge in [0.25, 0.3) is 0 Å². The van der Waals surface area contributed by atoms with Crippen LogP contribution in [0.5, 0.6) is 0 Å². The molecule has 0 spiro atoms. The maximum absolute atomic E-state index is 12.3. The number of nitrogens with zero attached hydrogens (tertiary/aromatic N) is 1. The molecule has 23 heavy (non-hydrogen) atoms. The molecular formula is C17H24N2O3S. The molecule has 5 nitrogen and oxygen atoms in total. The Balaban J connectivity index is 1.88. The number of amides is 1. The number of rotatable bonds is 6. The van der Waals surface area contributed by atoms with Gasteiger partial charge in [-0.1, -0.05) is 12.1 Å². The van der Waals surface area contributed by atoms with E-state index in [0.717, 1.165) is 30.0 Å². The average Bonchev–Trinajstić information content (AvgIpc) is 2.55. The number of piperidine rings is 1. The second-order valence-electron chi connectivity index (χ2n) is 5.57. The number of carbonyl (C=O) groups is 2. The number of ether oxygens (including phenoxy) is 1. The fourth-order valence-corrected chi connectivity index (χ4v) is 3.35. The van der Waals surface area contributed by atoms with Crippen LogP contribution in [-0.2, 0) is 14.3 Å². The monoisotopic (exact) mass is 336 g/mol. The van der Waals surface area contributed by atoms with Crippen LogP contribution in [-0.4, -0.2) is 49.3 Å². The van der Waals surface area contributed by atoms with Crippen LogP contribution in [0.1, 0.15) is 19.8 Å². The summed E-state index contributed by atoms with van der Waals surface area (Å²) in [5.74, 6) is -0.309. The number of thioether (sulfide) groups is 1. The molecule has 1 aromatic carbocycles. The van der Waals surface area contributed by atoms with Crippen LogP contribution in [0.2, 0.25) is 0 Å². The largest absolute Gasteiger partial charge is 0.466 e. The summed E-state index contributed by atoms with van der Waals surface area (Å²) in [5, 5.41) is 2.96. The van der Waals surface area contributed by atoms with Crippen LogP contribution < -0.4 is 5.32 Å². The summed E-state index contributed by atoms with van der Waals surface area (Å²) in [6.07, 6.45) is 3.74. The lowest BCUT2D eigenvalue weighted by atomic mass is 9.98. The topological polar surface area (TPSA) is 58.6 Å². The number of anilines is 1. The summed E-state index contributed by atoms with van der Waals surface area (Å²) in [6, 6.07) is 7.75. The van der Waals surface area contributed by atoms with Crippen molar-refractivity contribution in [3.05, 3.63) is 24.3 Å². The second kappa shape index (κ2) is 8.93. The van der Waals surface area contributed by atoms with Crippen LogP contribution in [0.25, 0.3) is 0 Å². The number of esters is 1. The lowest BCUT2D eigenvalue weighted by Crippen LogP contribution is -2.43. The molecule has 1 saturated heterocycles. The molecule has 1 heterocycles. The Labute approximate surface area is 141 Å². The molecule has 1 aliphatic heterocycles. The van der Waals surface area contributed by atoms with Gasteiger partial charge in [0.15, 0.2) is 0 Å². The van der Waals surface area contributed by atoms with Gasteiger partial charge < -0.3 is 10.1 Å². The molecule has 1 amide bonds. The van der Waals surface area contributed by atoms with E-state index < -0.39 is 0 Å². The van der Waals surface area contributed by atoms with E-state index in [1.807, 2.05) is 42.3 Å². The first-order valence-electron chi connectivity index (χ1n) is 7.96. The zero-order valence-electron chi connectivity index (χ0n) is 13.7. The molecule has 0 unspecified atom stereocenters. The van der Waals surface area contributed by atoms with Gasteiger partial charge in [0.05, 0.1) is 24.8 Å². The summed E-state index contributed by atoms with van der Waals surface area (Å²) in [4.78, 5) is 27.2. The first kappa shape index (κ1) is 17.8. The van der Waals surface area contributed by atoms with Crippen LogP contribution in [0.4, 0.5) is 5.69 Å². The highest BCUT2D eigenvalue weighted by Gasteiger charge is 2.27. The summed E-state index contributed by atoms with van der Waals surface area (Å²) < 4.78 is 5.09. The van der Waals surface area contributed by atoms with Crippen molar-refractivity contribution in [3.8, 4) is 0 Å². The number of hydrogen-bond donors (Lipinski definition) is 1. The van der Waals surface area contributed by atoms with E-state index in [1.165, 1.54) is 0 Å². The summed E-state index contributed by atoms with van der Waals surface area (Å²) in [5.41, 5.74) is 0.837. The predicted molar refractivity (Wildman–Crippen MR) is 92.6 cm³/mol. The molecule has 0 aromatic heterocycles. The van der Waals surface area contributed by atoms with Gasteiger partial charge in [0.1, 0.15) is 0 Å². The highest BCUT2D eigenvalue weighted by atomic mass is 32.2. The molecule has 0 saturated carbocycles. The standard InChI is InChI=1S/C17H24N2O3S/c1-3-22-17(21)13-7-6-10-19(11-13)12-16(20)18-14-8-4-5-9-15(14)23-2/h4-5,8-9,13H,3,6-7,10-12H2,1-2H3,(H,18,20)/t13-/m1/s1. The second-order valence-corrected chi connectivity index (χ2v) is 6.42. The molecule has 0 aliphatic carbocycles. The third-order valence-corrected chi connectivity index (χ3v) is 4.67. The van der Waals surface area contributed by atoms with Gasteiger partial charge in [-0.15, -0.1) is 11.8 Å². The predicted octanol–water partition coefficient (Wildman–Crippen LogP) is 2.62. The van der Waals surface area contributed by atoms with E-state index in [9.17, 15) is 9.59 Å². The zero-order chi connectivity index (χ0) is 16.7. The first-order chi connectivity index (χ1) is 11.1. The van der Waals surface area contributed by atoms with Gasteiger partial charge in [0.2, 0.25) is 5.91 Å². The zero-order valence-corrected chi connectivity index (χ0v) is 14.5. The molecule has 126 valence electrons. The minimum Gasteiger partial charge on any atom is -0.466 e. The van der Waals surface area contributed by atoms with E-state index >= 15 is 0 Å². The molecule has 1 fully saturated rings. The van der Waals surface area contributed by atoms with Gasteiger partial charge >= 0.3 is 5.97 Å². The van der Waals surface area contributed by atoms with Crippen molar-refractivity contribution in [1.29, 1.82) is 0 Å². The molecule has 0 bridgehead atoms. The maximum Gasteiger partial charge on any atom is 0.310 e. The molecular weight excluding hydrogens is 312 g/mol. The van der Waals surface area contributed by atoms with Crippen molar-refractivity contribution in [2.45, 2.75) is 24.7 Å². The summed E-state index contributed by atoms with van der Waals surface area (Å²) >= 11 is 1.60. The number of para-hydroxylation sites is 1. The third kappa shape index (κ3) is 5.25. The molecule has 1 N–H and O–H groups in total. The smallest absolute Gasteiger partial charge is 0.310 e. The molecule has 6 heteroatoms. The minimum atomic E-state index is -0.148. The normalized spacial score (nSPS) is 18.4. The Kier molecular flexibility index (Phi) is 6.92. The highest BCUT2D eigenvalue weighted by Crippen LogP contribution is 2.24. The average molecular weight is 336 g/mol. The highest BCUT2D eigenvalue weighted by molar-refractivity contribution is 7.98. The van der Waals surface area contributed by atoms with Gasteiger partial charge in [-0.25, -0.2) is 0 Å². The van der Waals surface area contributed by atoms with Crippen molar-refractivity contribution in [3.63, 3.8) is 0 Å². The van der Waals surface area contributed by atoms with Crippen LogP contribution in [0.3, 0.4) is 0 Å². The van der Waals surface area contributed by atoms with E-state index in [4.69, 9.17) is 4.74 Å². The van der Waals surface area contributed by atoms with Crippen molar-refractivity contribution < 1.29 is 14.3 Å². The van der Waals surface area contributed by atoms with Crippen molar-refractivity contribution in [1.82, 2.24) is 4.90 Å². The molecule has 2 rings (SSSR count). The Morgan fingerprint density at radius 1 is 1.39 bits per heavy atom. The van der Waals surface area contributed by atoms with Crippen LogP contribution in [0.15, 0.2) is 29.2 Å². The fraction of sp³-hybridized carbons (Fsp3) is 0.529. The van der Waals surface area contributed by atoms with Crippen LogP contribution >= 0.6 is 11.8 Å². The van der Waals surface area contributed by atoms with E-state index in [0.29, 0.717) is 19.7 Å². The quantitative estimate of drug-likeness (QED) is 0.639. The van der Waals surface area contributed by atoms with Gasteiger partial charge in [-0.05, 0) is 44.7 Å². The number of hydrogen-bond acceptors (Lipinski definition) is 5. The Morgan fingerprint density at radius 3 is 2.91 bits per heavy atom. The lowest BCUT2D eigenvalue weighted by molar-refractivity contribution is -0.150. The number of likely N-dealkylation sites (tertiary alicyclic amines) is 1. The molecule has 1 aromatic rings. The van der Waals surface area contributed by atoms with Crippen molar-refractivity contribution in [2.24, 2.45) is 5.92 Å². The Bertz CT molecular complexity index is 550. The minimum absolute atomic E-state index is 0.0454.